The Bertz CT molecular complexity index is 692. The molecule has 1 aromatic carbocycles. The maximum absolute atomic E-state index is 12.7. The molecule has 1 amide bonds. The maximum Gasteiger partial charge on any atom is 0.223 e. The van der Waals surface area contributed by atoms with Gasteiger partial charge in [0.05, 0.1) is 11.7 Å². The fraction of sp³-hybridized carbons (Fsp3) is 0.550. The highest BCUT2D eigenvalue weighted by molar-refractivity contribution is 5.76. The second-order valence-corrected chi connectivity index (χ2v) is 7.40. The largest absolute Gasteiger partial charge is 0.339 e. The molecule has 1 aliphatic heterocycles. The van der Waals surface area contributed by atoms with Gasteiger partial charge < -0.3 is 10.2 Å². The van der Waals surface area contributed by atoms with Crippen molar-refractivity contribution in [1.29, 1.82) is 0 Å². The lowest BCUT2D eigenvalue weighted by Crippen LogP contribution is -2.36. The van der Waals surface area contributed by atoms with Crippen LogP contribution in [-0.2, 0) is 4.79 Å². The normalized spacial score (nSPS) is 19.7. The summed E-state index contributed by atoms with van der Waals surface area (Å²) in [6.07, 6.45) is 6.25. The predicted molar refractivity (Wildman–Crippen MR) is 102 cm³/mol. The topological polar surface area (TPSA) is 63.1 Å². The highest BCUT2D eigenvalue weighted by Gasteiger charge is 2.25. The fourth-order valence-electron chi connectivity index (χ4n) is 3.64. The van der Waals surface area contributed by atoms with Crippen LogP contribution in [0.5, 0.6) is 0 Å². The van der Waals surface area contributed by atoms with Crippen molar-refractivity contribution >= 4 is 5.91 Å². The second-order valence-electron chi connectivity index (χ2n) is 7.40. The minimum Gasteiger partial charge on any atom is -0.339 e. The van der Waals surface area contributed by atoms with Gasteiger partial charge in [-0.2, -0.15) is 5.10 Å². The summed E-state index contributed by atoms with van der Waals surface area (Å²) in [5, 5.41) is 7.58. The highest BCUT2D eigenvalue weighted by atomic mass is 16.2. The Morgan fingerprint density at radius 2 is 2.12 bits per heavy atom. The smallest absolute Gasteiger partial charge is 0.223 e. The van der Waals surface area contributed by atoms with Gasteiger partial charge >= 0.3 is 0 Å². The van der Waals surface area contributed by atoms with E-state index < -0.39 is 0 Å². The molecule has 3 rings (SSSR count). The van der Waals surface area contributed by atoms with Crippen LogP contribution in [-0.4, -0.2) is 45.7 Å². The van der Waals surface area contributed by atoms with Gasteiger partial charge in [-0.3, -0.25) is 4.79 Å². The first kappa shape index (κ1) is 18.6. The molecule has 2 aromatic rings. The van der Waals surface area contributed by atoms with Crippen LogP contribution in [0.15, 0.2) is 36.9 Å². The van der Waals surface area contributed by atoms with E-state index in [1.165, 1.54) is 19.2 Å². The molecular formula is C20H29N5O. The summed E-state index contributed by atoms with van der Waals surface area (Å²) >= 11 is 0. The summed E-state index contributed by atoms with van der Waals surface area (Å²) in [7, 11) is 1.91. The van der Waals surface area contributed by atoms with Crippen molar-refractivity contribution in [2.45, 2.75) is 39.2 Å². The van der Waals surface area contributed by atoms with Gasteiger partial charge in [0.1, 0.15) is 12.7 Å². The average Bonchev–Trinajstić information content (AvgIpc) is 3.22. The summed E-state index contributed by atoms with van der Waals surface area (Å²) < 4.78 is 1.73. The van der Waals surface area contributed by atoms with E-state index in [4.69, 9.17) is 0 Å². The van der Waals surface area contributed by atoms with E-state index in [2.05, 4.69) is 41.4 Å². The molecule has 6 heteroatoms. The zero-order chi connectivity index (χ0) is 18.5. The Morgan fingerprint density at radius 3 is 2.73 bits per heavy atom. The first-order chi connectivity index (χ1) is 12.6. The fourth-order valence-corrected chi connectivity index (χ4v) is 3.64. The third kappa shape index (κ3) is 4.30. The molecule has 0 aliphatic carbocycles. The Labute approximate surface area is 155 Å². The third-order valence-corrected chi connectivity index (χ3v) is 5.67. The van der Waals surface area contributed by atoms with Crippen LogP contribution in [0.1, 0.15) is 44.7 Å². The monoisotopic (exact) mass is 355 g/mol. The molecule has 6 nitrogen and oxygen atoms in total. The number of amides is 1. The summed E-state index contributed by atoms with van der Waals surface area (Å²) in [4.78, 5) is 18.6. The van der Waals surface area contributed by atoms with Gasteiger partial charge in [-0.1, -0.05) is 19.1 Å². The maximum atomic E-state index is 12.7. The van der Waals surface area contributed by atoms with Crippen molar-refractivity contribution in [3.63, 3.8) is 0 Å². The summed E-state index contributed by atoms with van der Waals surface area (Å²) in [6, 6.07) is 8.17. The van der Waals surface area contributed by atoms with Crippen molar-refractivity contribution in [3.05, 3.63) is 42.5 Å². The molecule has 0 spiro atoms. The average molecular weight is 355 g/mol. The number of hydrogen-bond acceptors (Lipinski definition) is 4. The van der Waals surface area contributed by atoms with Gasteiger partial charge in [-0.15, -0.1) is 0 Å². The van der Waals surface area contributed by atoms with Gasteiger partial charge in [0.25, 0.3) is 0 Å². The van der Waals surface area contributed by atoms with Gasteiger partial charge in [0, 0.05) is 13.5 Å². The van der Waals surface area contributed by atoms with Crippen molar-refractivity contribution < 1.29 is 4.79 Å². The van der Waals surface area contributed by atoms with Crippen molar-refractivity contribution in [1.82, 2.24) is 25.0 Å². The van der Waals surface area contributed by atoms with Crippen LogP contribution < -0.4 is 5.32 Å². The Morgan fingerprint density at radius 1 is 1.35 bits per heavy atom. The first-order valence-electron chi connectivity index (χ1n) is 9.47. The number of aromatic nitrogens is 3. The zero-order valence-corrected chi connectivity index (χ0v) is 15.9. The Kier molecular flexibility index (Phi) is 6.04. The summed E-state index contributed by atoms with van der Waals surface area (Å²) in [5.41, 5.74) is 2.09. The van der Waals surface area contributed by atoms with E-state index in [0.717, 1.165) is 24.3 Å². The second kappa shape index (κ2) is 8.45. The number of nitrogens with zero attached hydrogens (tertiary/aromatic N) is 4. The zero-order valence-electron chi connectivity index (χ0n) is 15.9. The van der Waals surface area contributed by atoms with E-state index in [9.17, 15) is 4.79 Å². The molecule has 1 aromatic heterocycles. The number of piperidine rings is 1. The molecular weight excluding hydrogens is 326 g/mol. The molecule has 0 bridgehead atoms. The van der Waals surface area contributed by atoms with E-state index in [-0.39, 0.29) is 11.9 Å². The molecule has 26 heavy (non-hydrogen) atoms. The van der Waals surface area contributed by atoms with Crippen molar-refractivity contribution in [3.8, 4) is 5.69 Å². The molecule has 1 aliphatic rings. The minimum absolute atomic E-state index is 0.0453. The number of carbonyl (C=O) groups excluding carboxylic acids is 1. The van der Waals surface area contributed by atoms with Gasteiger partial charge in [0.2, 0.25) is 5.91 Å². The van der Waals surface area contributed by atoms with E-state index >= 15 is 0 Å². The predicted octanol–water partition coefficient (Wildman–Crippen LogP) is 2.81. The van der Waals surface area contributed by atoms with Crippen LogP contribution in [0.3, 0.4) is 0 Å². The summed E-state index contributed by atoms with van der Waals surface area (Å²) in [5.74, 6) is 1.24. The first-order valence-corrected chi connectivity index (χ1v) is 9.47. The molecule has 0 saturated carbocycles. The van der Waals surface area contributed by atoms with E-state index in [0.29, 0.717) is 18.3 Å². The number of carbonyl (C=O) groups is 1. The standard InChI is InChI=1S/C20H29N5O/c1-15(18-5-4-10-21-12-18)11-20(26)24(3)16(2)17-6-8-19(9-7-17)25-14-22-13-23-25/h6-9,13-16,18,21H,4-5,10-12H2,1-3H3. The van der Waals surface area contributed by atoms with Crippen LogP contribution in [0, 0.1) is 11.8 Å². The molecule has 140 valence electrons. The third-order valence-electron chi connectivity index (χ3n) is 5.67. The Hall–Kier alpha value is -2.21. The van der Waals surface area contributed by atoms with Crippen LogP contribution in [0.2, 0.25) is 0 Å². The van der Waals surface area contributed by atoms with Gasteiger partial charge in [-0.25, -0.2) is 9.67 Å². The lowest BCUT2D eigenvalue weighted by atomic mass is 9.85. The quantitative estimate of drug-likeness (QED) is 0.865. The van der Waals surface area contributed by atoms with Crippen LogP contribution in [0.4, 0.5) is 0 Å². The molecule has 3 unspecified atom stereocenters. The minimum atomic E-state index is 0.0453. The number of hydrogen-bond donors (Lipinski definition) is 1. The van der Waals surface area contributed by atoms with Crippen molar-refractivity contribution in [2.75, 3.05) is 20.1 Å². The van der Waals surface area contributed by atoms with E-state index in [1.54, 1.807) is 11.0 Å². The summed E-state index contributed by atoms with van der Waals surface area (Å²) in [6.45, 7) is 6.44. The van der Waals surface area contributed by atoms with Gasteiger partial charge in [0.15, 0.2) is 0 Å². The van der Waals surface area contributed by atoms with Crippen LogP contribution in [0.25, 0.3) is 5.69 Å². The molecule has 3 atom stereocenters. The SMILES string of the molecule is CC(CC(=O)N(C)C(C)c1ccc(-n2cncn2)cc1)C1CCCNC1. The molecule has 1 saturated heterocycles. The molecule has 1 N–H and O–H groups in total. The van der Waals surface area contributed by atoms with Crippen LogP contribution >= 0.6 is 0 Å². The molecule has 2 heterocycles. The van der Waals surface area contributed by atoms with Gasteiger partial charge in [-0.05, 0) is 62.4 Å². The number of nitrogens with one attached hydrogen (secondary N) is 1. The highest BCUT2D eigenvalue weighted by Crippen LogP contribution is 2.26. The Balaban J connectivity index is 1.59. The van der Waals surface area contributed by atoms with E-state index in [1.807, 2.05) is 24.1 Å². The number of benzene rings is 1. The lowest BCUT2D eigenvalue weighted by Gasteiger charge is -2.31. The number of rotatable bonds is 6. The van der Waals surface area contributed by atoms with Crippen molar-refractivity contribution in [2.24, 2.45) is 11.8 Å². The molecule has 0 radical (unpaired) electrons. The lowest BCUT2D eigenvalue weighted by molar-refractivity contribution is -0.133. The molecule has 1 fully saturated rings.